The SMILES string of the molecule is CCNC(=NCC1(c2ccccc2F)CC1)NC1CCCC(C(=O)NC2CC2)C1. The highest BCUT2D eigenvalue weighted by atomic mass is 19.1. The second kappa shape index (κ2) is 8.72. The van der Waals surface area contributed by atoms with Crippen molar-refractivity contribution in [1.82, 2.24) is 16.0 Å². The first-order chi connectivity index (χ1) is 14.1. The number of aliphatic imine (C=N–C) groups is 1. The molecule has 0 saturated heterocycles. The maximum absolute atomic E-state index is 14.3. The number of carbonyl (C=O) groups excluding carboxylic acids is 1. The average Bonchev–Trinajstić information content (AvgIpc) is 3.64. The third kappa shape index (κ3) is 5.09. The van der Waals surface area contributed by atoms with Crippen molar-refractivity contribution < 1.29 is 9.18 Å². The van der Waals surface area contributed by atoms with Crippen molar-refractivity contribution in [1.29, 1.82) is 0 Å². The average molecular weight is 401 g/mol. The summed E-state index contributed by atoms with van der Waals surface area (Å²) in [6, 6.07) is 7.74. The van der Waals surface area contributed by atoms with E-state index in [0.29, 0.717) is 12.6 Å². The lowest BCUT2D eigenvalue weighted by Gasteiger charge is -2.30. The van der Waals surface area contributed by atoms with Crippen LogP contribution >= 0.6 is 0 Å². The third-order valence-corrected chi connectivity index (χ3v) is 6.49. The van der Waals surface area contributed by atoms with E-state index in [1.165, 1.54) is 6.07 Å². The van der Waals surface area contributed by atoms with Gasteiger partial charge in [0.15, 0.2) is 5.96 Å². The molecule has 2 unspecified atom stereocenters. The molecule has 3 aliphatic rings. The van der Waals surface area contributed by atoms with Crippen molar-refractivity contribution in [3.63, 3.8) is 0 Å². The van der Waals surface area contributed by atoms with Gasteiger partial charge in [-0.25, -0.2) is 4.39 Å². The molecule has 3 fully saturated rings. The summed E-state index contributed by atoms with van der Waals surface area (Å²) in [4.78, 5) is 17.3. The summed E-state index contributed by atoms with van der Waals surface area (Å²) in [6.45, 7) is 3.41. The second-order valence-electron chi connectivity index (χ2n) is 8.94. The minimum atomic E-state index is -0.160. The number of rotatable bonds is 7. The van der Waals surface area contributed by atoms with Gasteiger partial charge in [-0.05, 0) is 63.5 Å². The van der Waals surface area contributed by atoms with Crippen LogP contribution in [-0.4, -0.2) is 37.0 Å². The van der Waals surface area contributed by atoms with Gasteiger partial charge in [0, 0.05) is 30.0 Å². The highest BCUT2D eigenvalue weighted by Crippen LogP contribution is 2.49. The van der Waals surface area contributed by atoms with E-state index < -0.39 is 0 Å². The normalized spacial score (nSPS) is 25.9. The monoisotopic (exact) mass is 400 g/mol. The molecule has 0 radical (unpaired) electrons. The largest absolute Gasteiger partial charge is 0.357 e. The van der Waals surface area contributed by atoms with E-state index in [1.54, 1.807) is 6.07 Å². The van der Waals surface area contributed by atoms with Crippen LogP contribution in [0.4, 0.5) is 4.39 Å². The van der Waals surface area contributed by atoms with E-state index in [1.807, 2.05) is 19.1 Å². The molecule has 0 spiro atoms. The smallest absolute Gasteiger partial charge is 0.223 e. The number of nitrogens with one attached hydrogen (secondary N) is 3. The fourth-order valence-electron chi connectivity index (χ4n) is 4.40. The van der Waals surface area contributed by atoms with Crippen LogP contribution in [0.5, 0.6) is 0 Å². The number of carbonyl (C=O) groups is 1. The van der Waals surface area contributed by atoms with Gasteiger partial charge in [-0.1, -0.05) is 24.6 Å². The van der Waals surface area contributed by atoms with Crippen LogP contribution in [0.15, 0.2) is 29.3 Å². The lowest BCUT2D eigenvalue weighted by molar-refractivity contribution is -0.126. The zero-order chi connectivity index (χ0) is 20.3. The fraction of sp³-hybridized carbons (Fsp3) is 0.652. The molecule has 1 aromatic rings. The summed E-state index contributed by atoms with van der Waals surface area (Å²) in [5, 5.41) is 10.0. The van der Waals surface area contributed by atoms with Crippen LogP contribution in [0.25, 0.3) is 0 Å². The van der Waals surface area contributed by atoms with Crippen molar-refractivity contribution in [2.75, 3.05) is 13.1 Å². The Hall–Kier alpha value is -2.11. The Labute approximate surface area is 172 Å². The number of nitrogens with zero attached hydrogens (tertiary/aromatic N) is 1. The number of halogens is 1. The van der Waals surface area contributed by atoms with Gasteiger partial charge >= 0.3 is 0 Å². The van der Waals surface area contributed by atoms with Crippen LogP contribution in [0.1, 0.15) is 63.9 Å². The van der Waals surface area contributed by atoms with Crippen molar-refractivity contribution >= 4 is 11.9 Å². The molecule has 4 rings (SSSR count). The first-order valence-corrected chi connectivity index (χ1v) is 11.2. The van der Waals surface area contributed by atoms with E-state index in [-0.39, 0.29) is 29.1 Å². The van der Waals surface area contributed by atoms with Crippen molar-refractivity contribution in [2.45, 2.75) is 75.8 Å². The number of hydrogen-bond donors (Lipinski definition) is 3. The Morgan fingerprint density at radius 3 is 2.62 bits per heavy atom. The second-order valence-corrected chi connectivity index (χ2v) is 8.94. The summed E-state index contributed by atoms with van der Waals surface area (Å²) in [5.41, 5.74) is 0.626. The molecule has 0 aliphatic heterocycles. The van der Waals surface area contributed by atoms with E-state index in [2.05, 4.69) is 16.0 Å². The first kappa shape index (κ1) is 20.2. The van der Waals surface area contributed by atoms with Gasteiger partial charge < -0.3 is 16.0 Å². The van der Waals surface area contributed by atoms with Gasteiger partial charge in [0.1, 0.15) is 5.82 Å². The maximum atomic E-state index is 14.3. The van der Waals surface area contributed by atoms with Crippen LogP contribution in [0.2, 0.25) is 0 Å². The minimum Gasteiger partial charge on any atom is -0.357 e. The van der Waals surface area contributed by atoms with E-state index >= 15 is 0 Å². The highest BCUT2D eigenvalue weighted by Gasteiger charge is 2.45. The van der Waals surface area contributed by atoms with Crippen LogP contribution < -0.4 is 16.0 Å². The molecule has 158 valence electrons. The Morgan fingerprint density at radius 1 is 1.14 bits per heavy atom. The van der Waals surface area contributed by atoms with Gasteiger partial charge in [0.2, 0.25) is 5.91 Å². The maximum Gasteiger partial charge on any atom is 0.223 e. The molecule has 3 aliphatic carbocycles. The summed E-state index contributed by atoms with van der Waals surface area (Å²) in [6.07, 6.45) is 8.13. The third-order valence-electron chi connectivity index (χ3n) is 6.49. The van der Waals surface area contributed by atoms with Crippen LogP contribution in [0.3, 0.4) is 0 Å². The molecule has 0 heterocycles. The first-order valence-electron chi connectivity index (χ1n) is 11.2. The van der Waals surface area contributed by atoms with E-state index in [0.717, 1.165) is 69.4 Å². The molecule has 0 aromatic heterocycles. The molecule has 29 heavy (non-hydrogen) atoms. The molecule has 1 aromatic carbocycles. The van der Waals surface area contributed by atoms with E-state index in [4.69, 9.17) is 4.99 Å². The number of benzene rings is 1. The predicted molar refractivity (Wildman–Crippen MR) is 113 cm³/mol. The van der Waals surface area contributed by atoms with Gasteiger partial charge in [-0.2, -0.15) is 0 Å². The molecule has 6 heteroatoms. The van der Waals surface area contributed by atoms with E-state index in [9.17, 15) is 9.18 Å². The zero-order valence-corrected chi connectivity index (χ0v) is 17.3. The van der Waals surface area contributed by atoms with Gasteiger partial charge in [-0.3, -0.25) is 9.79 Å². The Morgan fingerprint density at radius 2 is 1.93 bits per heavy atom. The summed E-state index contributed by atoms with van der Waals surface area (Å²) in [5.74, 6) is 0.966. The molecule has 2 atom stereocenters. The number of guanidine groups is 1. The van der Waals surface area contributed by atoms with Crippen LogP contribution in [-0.2, 0) is 10.2 Å². The topological polar surface area (TPSA) is 65.5 Å². The number of amides is 1. The lowest BCUT2D eigenvalue weighted by Crippen LogP contribution is -2.47. The van der Waals surface area contributed by atoms with Gasteiger partial charge in [-0.15, -0.1) is 0 Å². The highest BCUT2D eigenvalue weighted by molar-refractivity contribution is 5.81. The number of hydrogen-bond acceptors (Lipinski definition) is 2. The lowest BCUT2D eigenvalue weighted by atomic mass is 9.85. The Kier molecular flexibility index (Phi) is 6.07. The molecule has 3 saturated carbocycles. The predicted octanol–water partition coefficient (Wildman–Crippen LogP) is 3.25. The van der Waals surface area contributed by atoms with Gasteiger partial charge in [0.25, 0.3) is 0 Å². The van der Waals surface area contributed by atoms with Crippen molar-refractivity contribution in [3.05, 3.63) is 35.6 Å². The van der Waals surface area contributed by atoms with Crippen molar-refractivity contribution in [3.8, 4) is 0 Å². The molecular formula is C23H33FN4O. The Balaban J connectivity index is 1.37. The van der Waals surface area contributed by atoms with Gasteiger partial charge in [0.05, 0.1) is 6.54 Å². The fourth-order valence-corrected chi connectivity index (χ4v) is 4.40. The summed E-state index contributed by atoms with van der Waals surface area (Å²) >= 11 is 0. The molecular weight excluding hydrogens is 367 g/mol. The molecule has 5 nitrogen and oxygen atoms in total. The van der Waals surface area contributed by atoms with Crippen molar-refractivity contribution in [2.24, 2.45) is 10.9 Å². The zero-order valence-electron chi connectivity index (χ0n) is 17.3. The van der Waals surface area contributed by atoms with Crippen LogP contribution in [0, 0.1) is 11.7 Å². The summed E-state index contributed by atoms with van der Waals surface area (Å²) in [7, 11) is 0. The molecule has 1 amide bonds. The molecule has 0 bridgehead atoms. The Bertz CT molecular complexity index is 757. The minimum absolute atomic E-state index is 0.0953. The standard InChI is InChI=1S/C23H33FN4O/c1-2-25-22(26-15-23(12-13-23)19-8-3-4-9-20(19)24)28-18-7-5-6-16(14-18)21(29)27-17-10-11-17/h3-4,8-9,16-18H,2,5-7,10-15H2,1H3,(H,27,29)(H2,25,26,28). The molecule has 3 N–H and O–H groups in total. The summed E-state index contributed by atoms with van der Waals surface area (Å²) < 4.78 is 14.3. The quantitative estimate of drug-likeness (QED) is 0.486.